The summed E-state index contributed by atoms with van der Waals surface area (Å²) < 4.78 is 11.8. The molecule has 1 aliphatic rings. The molecule has 2 nitrogen and oxygen atoms in total. The topological polar surface area (TPSA) is 18.5 Å². The van der Waals surface area contributed by atoms with Crippen molar-refractivity contribution in [2.24, 2.45) is 5.92 Å². The molecular weight excluding hydrogens is 344 g/mol. The minimum absolute atomic E-state index is 0.181. The van der Waals surface area contributed by atoms with Crippen molar-refractivity contribution in [1.29, 1.82) is 0 Å². The van der Waals surface area contributed by atoms with Crippen LogP contribution in [0.25, 0.3) is 0 Å². The molecule has 1 aliphatic heterocycles. The van der Waals surface area contributed by atoms with E-state index in [2.05, 4.69) is 38.1 Å². The maximum atomic E-state index is 6.49. The average Bonchev–Trinajstić information content (AvgIpc) is 2.64. The van der Waals surface area contributed by atoms with E-state index in [1.807, 2.05) is 25.1 Å². The third-order valence-electron chi connectivity index (χ3n) is 5.16. The van der Waals surface area contributed by atoms with E-state index >= 15 is 0 Å². The normalized spacial score (nSPS) is 23.0. The predicted molar refractivity (Wildman–Crippen MR) is 108 cm³/mol. The summed E-state index contributed by atoms with van der Waals surface area (Å²) in [5.74, 6) is 1.61. The van der Waals surface area contributed by atoms with E-state index in [1.54, 1.807) is 0 Å². The Hall–Kier alpha value is -1.51. The summed E-state index contributed by atoms with van der Waals surface area (Å²) in [6.07, 6.45) is 4.70. The lowest BCUT2D eigenvalue weighted by Gasteiger charge is -2.34. The van der Waals surface area contributed by atoms with Gasteiger partial charge in [-0.2, -0.15) is 0 Å². The molecule has 0 N–H and O–H groups in total. The number of ether oxygens (including phenoxy) is 2. The van der Waals surface area contributed by atoms with Crippen LogP contribution in [0.5, 0.6) is 5.75 Å². The van der Waals surface area contributed by atoms with Crippen LogP contribution < -0.4 is 4.74 Å². The molecule has 1 saturated heterocycles. The highest BCUT2D eigenvalue weighted by Gasteiger charge is 2.27. The van der Waals surface area contributed by atoms with E-state index in [4.69, 9.17) is 21.1 Å². The van der Waals surface area contributed by atoms with Crippen LogP contribution >= 0.6 is 11.6 Å². The fraction of sp³-hybridized carbons (Fsp3) is 0.478. The van der Waals surface area contributed by atoms with Crippen LogP contribution in [-0.2, 0) is 11.2 Å². The van der Waals surface area contributed by atoms with E-state index in [0.29, 0.717) is 18.6 Å². The molecule has 0 radical (unpaired) electrons. The molecule has 3 atom stereocenters. The van der Waals surface area contributed by atoms with Gasteiger partial charge in [-0.1, -0.05) is 49.7 Å². The minimum atomic E-state index is 0.181. The molecule has 0 saturated carbocycles. The van der Waals surface area contributed by atoms with Gasteiger partial charge in [0.2, 0.25) is 0 Å². The highest BCUT2D eigenvalue weighted by atomic mass is 35.5. The van der Waals surface area contributed by atoms with E-state index in [-0.39, 0.29) is 6.10 Å². The lowest BCUT2D eigenvalue weighted by molar-refractivity contribution is -0.0709. The van der Waals surface area contributed by atoms with Gasteiger partial charge in [0.05, 0.1) is 18.8 Å². The number of halogens is 1. The number of rotatable bonds is 6. The predicted octanol–water partition coefficient (Wildman–Crippen LogP) is 6.60. The SMILES string of the molecule is CCOc1ccc(Cc2cc([C@H]3C[C@@H](C)C[C@@H](CC)O3)ccc2Cl)cc1. The Labute approximate surface area is 162 Å². The van der Waals surface area contributed by atoms with Crippen molar-refractivity contribution in [2.45, 2.75) is 58.7 Å². The second-order valence-corrected chi connectivity index (χ2v) is 7.74. The molecule has 0 aliphatic carbocycles. The van der Waals surface area contributed by atoms with Crippen LogP contribution in [0.3, 0.4) is 0 Å². The Balaban J connectivity index is 1.77. The molecule has 3 rings (SSSR count). The number of benzene rings is 2. The van der Waals surface area contributed by atoms with Gasteiger partial charge in [0.1, 0.15) is 5.75 Å². The van der Waals surface area contributed by atoms with Crippen LogP contribution in [-0.4, -0.2) is 12.7 Å². The van der Waals surface area contributed by atoms with Crippen LogP contribution in [0.4, 0.5) is 0 Å². The summed E-state index contributed by atoms with van der Waals surface area (Å²) in [6.45, 7) is 7.22. The van der Waals surface area contributed by atoms with E-state index in [1.165, 1.54) is 17.5 Å². The second kappa shape index (κ2) is 8.92. The van der Waals surface area contributed by atoms with Gasteiger partial charge in [-0.05, 0) is 73.4 Å². The van der Waals surface area contributed by atoms with Crippen molar-refractivity contribution >= 4 is 11.6 Å². The molecule has 1 fully saturated rings. The van der Waals surface area contributed by atoms with Gasteiger partial charge in [-0.25, -0.2) is 0 Å². The fourth-order valence-electron chi connectivity index (χ4n) is 3.75. The van der Waals surface area contributed by atoms with Gasteiger partial charge in [-0.3, -0.25) is 0 Å². The molecular formula is C23H29ClO2. The lowest BCUT2D eigenvalue weighted by Crippen LogP contribution is -2.26. The van der Waals surface area contributed by atoms with Crippen molar-refractivity contribution in [3.05, 3.63) is 64.2 Å². The van der Waals surface area contributed by atoms with Crippen LogP contribution in [0, 0.1) is 5.92 Å². The highest BCUT2D eigenvalue weighted by molar-refractivity contribution is 6.31. The van der Waals surface area contributed by atoms with Crippen LogP contribution in [0.2, 0.25) is 5.02 Å². The summed E-state index contributed by atoms with van der Waals surface area (Å²) >= 11 is 6.49. The largest absolute Gasteiger partial charge is 0.494 e. The first-order valence-corrected chi connectivity index (χ1v) is 10.1. The standard InChI is InChI=1S/C23H29ClO2/c1-4-20-12-16(3)13-23(26-20)18-8-11-22(24)19(15-18)14-17-6-9-21(10-7-17)25-5-2/h6-11,15-16,20,23H,4-5,12-14H2,1-3H3/t16-,20+,23+/m0/s1. The molecule has 140 valence electrons. The second-order valence-electron chi connectivity index (χ2n) is 7.34. The summed E-state index contributed by atoms with van der Waals surface area (Å²) in [5.41, 5.74) is 3.64. The van der Waals surface area contributed by atoms with E-state index in [0.717, 1.165) is 35.6 Å². The zero-order valence-electron chi connectivity index (χ0n) is 16.0. The first kappa shape index (κ1) is 19.3. The van der Waals surface area contributed by atoms with Gasteiger partial charge < -0.3 is 9.47 Å². The Kier molecular flexibility index (Phi) is 6.61. The van der Waals surface area contributed by atoms with Crippen molar-refractivity contribution in [3.63, 3.8) is 0 Å². The number of hydrogen-bond donors (Lipinski definition) is 0. The van der Waals surface area contributed by atoms with Crippen molar-refractivity contribution in [2.75, 3.05) is 6.61 Å². The van der Waals surface area contributed by atoms with E-state index in [9.17, 15) is 0 Å². The van der Waals surface area contributed by atoms with Gasteiger partial charge in [0.15, 0.2) is 0 Å². The molecule has 0 spiro atoms. The molecule has 2 aromatic rings. The molecule has 0 amide bonds. The maximum absolute atomic E-state index is 6.49. The van der Waals surface area contributed by atoms with Crippen molar-refractivity contribution in [3.8, 4) is 5.75 Å². The van der Waals surface area contributed by atoms with E-state index < -0.39 is 0 Å². The molecule has 26 heavy (non-hydrogen) atoms. The first-order valence-electron chi connectivity index (χ1n) is 9.74. The molecule has 1 heterocycles. The third kappa shape index (κ3) is 4.81. The Morgan fingerprint density at radius 1 is 1.08 bits per heavy atom. The zero-order valence-corrected chi connectivity index (χ0v) is 16.8. The molecule has 3 heteroatoms. The third-order valence-corrected chi connectivity index (χ3v) is 5.53. The molecule has 0 bridgehead atoms. The highest BCUT2D eigenvalue weighted by Crippen LogP contribution is 2.37. The van der Waals surface area contributed by atoms with Gasteiger partial charge in [-0.15, -0.1) is 0 Å². The zero-order chi connectivity index (χ0) is 18.5. The van der Waals surface area contributed by atoms with Gasteiger partial charge in [0.25, 0.3) is 0 Å². The van der Waals surface area contributed by atoms with Gasteiger partial charge in [0, 0.05) is 5.02 Å². The Morgan fingerprint density at radius 3 is 2.54 bits per heavy atom. The summed E-state index contributed by atoms with van der Waals surface area (Å²) in [4.78, 5) is 0. The van der Waals surface area contributed by atoms with Gasteiger partial charge >= 0.3 is 0 Å². The summed E-state index contributed by atoms with van der Waals surface area (Å²) in [6, 6.07) is 14.6. The Bertz CT molecular complexity index is 711. The van der Waals surface area contributed by atoms with Crippen LogP contribution in [0.15, 0.2) is 42.5 Å². The Morgan fingerprint density at radius 2 is 1.85 bits per heavy atom. The van der Waals surface area contributed by atoms with Crippen LogP contribution in [0.1, 0.15) is 62.8 Å². The maximum Gasteiger partial charge on any atom is 0.119 e. The molecule has 0 aromatic heterocycles. The quantitative estimate of drug-likeness (QED) is 0.569. The smallest absolute Gasteiger partial charge is 0.119 e. The average molecular weight is 373 g/mol. The van der Waals surface area contributed by atoms with Crippen molar-refractivity contribution in [1.82, 2.24) is 0 Å². The summed E-state index contributed by atoms with van der Waals surface area (Å²) in [7, 11) is 0. The number of hydrogen-bond acceptors (Lipinski definition) is 2. The lowest BCUT2D eigenvalue weighted by atomic mass is 9.88. The first-order chi connectivity index (χ1) is 12.6. The molecule has 0 unspecified atom stereocenters. The molecule has 2 aromatic carbocycles. The minimum Gasteiger partial charge on any atom is -0.494 e. The van der Waals surface area contributed by atoms with Crippen molar-refractivity contribution < 1.29 is 9.47 Å². The fourth-order valence-corrected chi connectivity index (χ4v) is 3.94. The summed E-state index contributed by atoms with van der Waals surface area (Å²) in [5, 5.41) is 0.818. The monoisotopic (exact) mass is 372 g/mol.